The summed E-state index contributed by atoms with van der Waals surface area (Å²) in [6.45, 7) is 4.49. The van der Waals surface area contributed by atoms with E-state index in [0.717, 1.165) is 18.9 Å². The van der Waals surface area contributed by atoms with Gasteiger partial charge in [0.05, 0.1) is 16.9 Å². The summed E-state index contributed by atoms with van der Waals surface area (Å²) in [5.41, 5.74) is -9.65. The van der Waals surface area contributed by atoms with Crippen molar-refractivity contribution in [1.82, 2.24) is 0 Å². The molecule has 44 heavy (non-hydrogen) atoms. The Labute approximate surface area is 256 Å². The number of anilines is 2. The predicted octanol–water partition coefficient (Wildman–Crippen LogP) is 9.48. The van der Waals surface area contributed by atoms with Gasteiger partial charge in [-0.1, -0.05) is 45.0 Å². The molecule has 4 nitrogen and oxygen atoms in total. The number of hydrogen-bond donors (Lipinski definition) is 1. The van der Waals surface area contributed by atoms with Gasteiger partial charge < -0.3 is 10.2 Å². The van der Waals surface area contributed by atoms with Crippen molar-refractivity contribution in [1.29, 1.82) is 0 Å². The maximum absolute atomic E-state index is 16.0. The Morgan fingerprint density at radius 3 is 2.00 bits per heavy atom. The van der Waals surface area contributed by atoms with E-state index in [9.17, 15) is 40.3 Å². The Hall–Kier alpha value is -3.48. The van der Waals surface area contributed by atoms with Gasteiger partial charge >= 0.3 is 18.0 Å². The molecule has 0 bridgehead atoms. The number of carbonyl (C=O) groups is 2. The van der Waals surface area contributed by atoms with Crippen LogP contribution in [-0.2, 0) is 11.1 Å². The van der Waals surface area contributed by atoms with Crippen LogP contribution in [0.25, 0.3) is 0 Å². The number of nitrogens with zero attached hydrogens (tertiary/aromatic N) is 1. The van der Waals surface area contributed by atoms with Gasteiger partial charge in [-0.3, -0.25) is 9.59 Å². The van der Waals surface area contributed by atoms with E-state index in [2.05, 4.69) is 21.2 Å². The molecule has 1 N–H and O–H groups in total. The standard InChI is InChI=1S/C31H27BrF8N2O2/c1-28(2,3)21-14-19(29(34,30(35,36)37)31(38,39)40)15-22(32)25(21)41-26(43)20-10-7-11-23(24(20)33)42(16-17-12-13-17)27(44)18-8-5-4-6-9-18/h4-11,14-15,17H,12-13,16H2,1-3H3,(H,41,43). The predicted molar refractivity (Wildman–Crippen MR) is 153 cm³/mol. The number of carbonyl (C=O) groups excluding carboxylic acids is 2. The largest absolute Gasteiger partial charge is 0.435 e. The normalized spacial score (nSPS) is 14.4. The van der Waals surface area contributed by atoms with Gasteiger partial charge in [-0.05, 0) is 82.1 Å². The molecule has 236 valence electrons. The van der Waals surface area contributed by atoms with Crippen LogP contribution in [-0.4, -0.2) is 30.7 Å². The molecular weight excluding hydrogens is 664 g/mol. The number of hydrogen-bond acceptors (Lipinski definition) is 2. The number of amides is 2. The third-order valence-corrected chi connectivity index (χ3v) is 7.86. The number of benzene rings is 3. The fourth-order valence-electron chi connectivity index (χ4n) is 4.68. The summed E-state index contributed by atoms with van der Waals surface area (Å²) in [6, 6.07) is 12.6. The smallest absolute Gasteiger partial charge is 0.321 e. The van der Waals surface area contributed by atoms with E-state index in [1.54, 1.807) is 30.3 Å². The summed E-state index contributed by atoms with van der Waals surface area (Å²) in [5.74, 6) is -2.51. The van der Waals surface area contributed by atoms with E-state index >= 15 is 4.39 Å². The lowest BCUT2D eigenvalue weighted by Gasteiger charge is -2.33. The van der Waals surface area contributed by atoms with Crippen LogP contribution in [0.4, 0.5) is 46.5 Å². The number of alkyl halides is 7. The molecule has 3 aromatic rings. The fraction of sp³-hybridized carbons (Fsp3) is 0.355. The highest BCUT2D eigenvalue weighted by molar-refractivity contribution is 9.10. The minimum Gasteiger partial charge on any atom is -0.321 e. The minimum absolute atomic E-state index is 0.138. The third kappa shape index (κ3) is 6.47. The Balaban J connectivity index is 1.77. The van der Waals surface area contributed by atoms with Crippen LogP contribution in [0, 0.1) is 11.7 Å². The summed E-state index contributed by atoms with van der Waals surface area (Å²) < 4.78 is 112. The summed E-state index contributed by atoms with van der Waals surface area (Å²) in [6.07, 6.45) is -11.0. The van der Waals surface area contributed by atoms with Crippen molar-refractivity contribution in [3.63, 3.8) is 0 Å². The van der Waals surface area contributed by atoms with E-state index in [0.29, 0.717) is 11.6 Å². The molecule has 1 fully saturated rings. The van der Waals surface area contributed by atoms with Gasteiger partial charge in [0, 0.05) is 22.1 Å². The first kappa shape index (κ1) is 33.4. The Morgan fingerprint density at radius 2 is 1.48 bits per heavy atom. The molecule has 4 rings (SSSR count). The average Bonchev–Trinajstić information content (AvgIpc) is 3.75. The summed E-state index contributed by atoms with van der Waals surface area (Å²) >= 11 is 2.89. The molecule has 2 amide bonds. The van der Waals surface area contributed by atoms with Gasteiger partial charge in [0.2, 0.25) is 0 Å². The molecule has 13 heteroatoms. The van der Waals surface area contributed by atoms with Crippen LogP contribution in [0.1, 0.15) is 65.5 Å². The van der Waals surface area contributed by atoms with Crippen molar-refractivity contribution >= 4 is 39.1 Å². The molecule has 1 saturated carbocycles. The second-order valence-corrected chi connectivity index (χ2v) is 12.5. The van der Waals surface area contributed by atoms with Crippen molar-refractivity contribution in [2.24, 2.45) is 5.92 Å². The average molecular weight is 691 g/mol. The molecule has 0 heterocycles. The van der Waals surface area contributed by atoms with Gasteiger partial charge in [-0.25, -0.2) is 8.78 Å². The topological polar surface area (TPSA) is 49.4 Å². The summed E-state index contributed by atoms with van der Waals surface area (Å²) in [4.78, 5) is 28.0. The molecule has 0 radical (unpaired) electrons. The highest BCUT2D eigenvalue weighted by Crippen LogP contribution is 2.55. The molecule has 1 aliphatic rings. The first-order valence-electron chi connectivity index (χ1n) is 13.4. The first-order valence-corrected chi connectivity index (χ1v) is 14.2. The highest BCUT2D eigenvalue weighted by Gasteiger charge is 2.73. The van der Waals surface area contributed by atoms with Gasteiger partial charge in [0.15, 0.2) is 5.82 Å². The van der Waals surface area contributed by atoms with Crippen molar-refractivity contribution in [3.8, 4) is 0 Å². The van der Waals surface area contributed by atoms with Crippen LogP contribution in [0.5, 0.6) is 0 Å². The molecule has 0 aromatic heterocycles. The molecule has 3 aromatic carbocycles. The fourth-order valence-corrected chi connectivity index (χ4v) is 5.24. The van der Waals surface area contributed by atoms with E-state index in [-0.39, 0.29) is 35.5 Å². The van der Waals surface area contributed by atoms with Gasteiger partial charge in [0.25, 0.3) is 11.8 Å². The van der Waals surface area contributed by atoms with Crippen LogP contribution in [0.3, 0.4) is 0 Å². The second-order valence-electron chi connectivity index (χ2n) is 11.6. The van der Waals surface area contributed by atoms with Gasteiger partial charge in [-0.15, -0.1) is 0 Å². The molecule has 0 saturated heterocycles. The maximum Gasteiger partial charge on any atom is 0.435 e. The summed E-state index contributed by atoms with van der Waals surface area (Å²) in [7, 11) is 0. The maximum atomic E-state index is 16.0. The van der Waals surface area contributed by atoms with Crippen LogP contribution < -0.4 is 10.2 Å². The minimum atomic E-state index is -6.35. The van der Waals surface area contributed by atoms with Gasteiger partial charge in [-0.2, -0.15) is 26.3 Å². The third-order valence-electron chi connectivity index (χ3n) is 7.23. The van der Waals surface area contributed by atoms with E-state index < -0.39 is 56.7 Å². The van der Waals surface area contributed by atoms with E-state index in [4.69, 9.17) is 0 Å². The number of halogens is 9. The van der Waals surface area contributed by atoms with Crippen LogP contribution >= 0.6 is 15.9 Å². The zero-order valence-electron chi connectivity index (χ0n) is 23.6. The lowest BCUT2D eigenvalue weighted by Crippen LogP contribution is -2.50. The van der Waals surface area contributed by atoms with Gasteiger partial charge in [0.1, 0.15) is 0 Å². The summed E-state index contributed by atoms with van der Waals surface area (Å²) in [5, 5.41) is 2.36. The van der Waals surface area contributed by atoms with Crippen LogP contribution in [0.2, 0.25) is 0 Å². The quantitative estimate of drug-likeness (QED) is 0.251. The lowest BCUT2D eigenvalue weighted by molar-refractivity contribution is -0.348. The van der Waals surface area contributed by atoms with Crippen LogP contribution in [0.15, 0.2) is 65.1 Å². The molecule has 1 aliphatic carbocycles. The zero-order valence-corrected chi connectivity index (χ0v) is 25.2. The Bertz CT molecular complexity index is 1550. The SMILES string of the molecule is CC(C)(C)c1cc(C(F)(C(F)(F)F)C(F)(F)F)cc(Br)c1NC(=O)c1cccc(N(CC2CC2)C(=O)c2ccccc2)c1F. The van der Waals surface area contributed by atoms with Crippen molar-refractivity contribution in [2.45, 2.75) is 57.0 Å². The molecule has 0 unspecified atom stereocenters. The second kappa shape index (κ2) is 11.8. The van der Waals surface area contributed by atoms with Crippen molar-refractivity contribution in [2.75, 3.05) is 16.8 Å². The molecule has 0 aliphatic heterocycles. The first-order chi connectivity index (χ1) is 20.3. The van der Waals surface area contributed by atoms with E-state index in [1.807, 2.05) is 0 Å². The molecule has 0 spiro atoms. The van der Waals surface area contributed by atoms with E-state index in [1.165, 1.54) is 37.8 Å². The number of nitrogens with one attached hydrogen (secondary N) is 1. The Kier molecular flexibility index (Phi) is 8.95. The molecule has 0 atom stereocenters. The van der Waals surface area contributed by atoms with Crippen molar-refractivity contribution < 1.29 is 44.7 Å². The zero-order chi connectivity index (χ0) is 32.8. The number of rotatable bonds is 7. The Morgan fingerprint density at radius 1 is 0.886 bits per heavy atom. The van der Waals surface area contributed by atoms with Crippen molar-refractivity contribution in [3.05, 3.63) is 93.2 Å². The monoisotopic (exact) mass is 690 g/mol. The molecular formula is C31H27BrF8N2O2. The highest BCUT2D eigenvalue weighted by atomic mass is 79.9. The lowest BCUT2D eigenvalue weighted by atomic mass is 9.82.